The van der Waals surface area contributed by atoms with E-state index in [9.17, 15) is 12.8 Å². The van der Waals surface area contributed by atoms with Crippen molar-refractivity contribution < 1.29 is 17.5 Å². The van der Waals surface area contributed by atoms with E-state index in [0.29, 0.717) is 6.61 Å². The van der Waals surface area contributed by atoms with E-state index in [-0.39, 0.29) is 34.5 Å². The average Bonchev–Trinajstić information content (AvgIpc) is 2.41. The number of nitrogens with zero attached hydrogens (tertiary/aromatic N) is 1. The smallest absolute Gasteiger partial charge is 0.243 e. The van der Waals surface area contributed by atoms with Crippen LogP contribution >= 0.6 is 23.2 Å². The highest BCUT2D eigenvalue weighted by Crippen LogP contribution is 2.26. The number of hydrogen-bond acceptors (Lipinski definition) is 3. The predicted octanol–water partition coefficient (Wildman–Crippen LogP) is 2.87. The van der Waals surface area contributed by atoms with E-state index < -0.39 is 15.8 Å². The molecule has 20 heavy (non-hydrogen) atoms. The Morgan fingerprint density at radius 2 is 2.05 bits per heavy atom. The fraction of sp³-hybridized carbons (Fsp3) is 0.500. The van der Waals surface area contributed by atoms with Crippen molar-refractivity contribution in [2.45, 2.75) is 17.7 Å². The summed E-state index contributed by atoms with van der Waals surface area (Å²) < 4.78 is 44.4. The van der Waals surface area contributed by atoms with Crippen molar-refractivity contribution in [3.05, 3.63) is 28.5 Å². The summed E-state index contributed by atoms with van der Waals surface area (Å²) in [5.41, 5.74) is 0.241. The molecule has 0 amide bonds. The Kier molecular flexibility index (Phi) is 6.68. The number of likely N-dealkylation sites (N-methyl/N-ethyl adjacent to an activating group) is 1. The summed E-state index contributed by atoms with van der Waals surface area (Å²) in [6, 6.07) is 2.18. The van der Waals surface area contributed by atoms with E-state index in [1.807, 2.05) is 6.92 Å². The molecule has 0 spiro atoms. The minimum Gasteiger partial charge on any atom is -0.380 e. The molecule has 0 unspecified atom stereocenters. The molecule has 4 nitrogen and oxygen atoms in total. The van der Waals surface area contributed by atoms with Crippen LogP contribution in [0.4, 0.5) is 4.39 Å². The van der Waals surface area contributed by atoms with Gasteiger partial charge in [-0.3, -0.25) is 0 Å². The molecule has 0 fully saturated rings. The summed E-state index contributed by atoms with van der Waals surface area (Å²) in [6.07, 6.45) is 0. The molecule has 0 bridgehead atoms. The van der Waals surface area contributed by atoms with Gasteiger partial charge in [0.05, 0.1) is 16.5 Å². The quantitative estimate of drug-likeness (QED) is 0.564. The van der Waals surface area contributed by atoms with Crippen LogP contribution in [-0.4, -0.2) is 39.5 Å². The number of hydrogen-bond donors (Lipinski definition) is 0. The van der Waals surface area contributed by atoms with Gasteiger partial charge in [0.1, 0.15) is 5.82 Å². The van der Waals surface area contributed by atoms with Crippen molar-refractivity contribution in [3.63, 3.8) is 0 Å². The standard InChI is InChI=1S/C12H16Cl2FNO3S/c1-3-19-5-4-16(2)20(17,18)10-6-9(8-13)12(14)11(15)7-10/h6-7H,3-5,8H2,1-2H3. The van der Waals surface area contributed by atoms with E-state index in [0.717, 1.165) is 10.4 Å². The third-order valence-electron chi connectivity index (χ3n) is 2.68. The first-order valence-electron chi connectivity index (χ1n) is 5.92. The van der Waals surface area contributed by atoms with E-state index in [1.54, 1.807) is 0 Å². The molecule has 0 saturated heterocycles. The Balaban J connectivity index is 3.06. The summed E-state index contributed by atoms with van der Waals surface area (Å²) in [5, 5.41) is -0.157. The third-order valence-corrected chi connectivity index (χ3v) is 5.23. The lowest BCUT2D eigenvalue weighted by Crippen LogP contribution is -2.30. The molecule has 0 aliphatic heterocycles. The molecule has 1 rings (SSSR count). The van der Waals surface area contributed by atoms with Crippen LogP contribution in [0.1, 0.15) is 12.5 Å². The van der Waals surface area contributed by atoms with E-state index in [1.165, 1.54) is 13.1 Å². The Hall–Kier alpha value is -0.400. The molecule has 0 heterocycles. The summed E-state index contributed by atoms with van der Waals surface area (Å²) >= 11 is 11.3. The third kappa shape index (κ3) is 4.05. The van der Waals surface area contributed by atoms with Gasteiger partial charge in [-0.15, -0.1) is 11.6 Å². The molecule has 0 radical (unpaired) electrons. The first-order valence-corrected chi connectivity index (χ1v) is 8.27. The van der Waals surface area contributed by atoms with Crippen LogP contribution in [-0.2, 0) is 20.6 Å². The van der Waals surface area contributed by atoms with Gasteiger partial charge in [0, 0.05) is 26.1 Å². The largest absolute Gasteiger partial charge is 0.380 e. The molecule has 1 aromatic rings. The number of sulfonamides is 1. The number of benzene rings is 1. The maximum Gasteiger partial charge on any atom is 0.243 e. The van der Waals surface area contributed by atoms with E-state index in [4.69, 9.17) is 27.9 Å². The Bertz CT molecular complexity index is 566. The van der Waals surface area contributed by atoms with Crippen LogP contribution in [0.2, 0.25) is 5.02 Å². The molecule has 1 aromatic carbocycles. The molecule has 0 atom stereocenters. The number of alkyl halides is 1. The molecule has 8 heteroatoms. The Labute approximate surface area is 128 Å². The molecule has 0 aliphatic rings. The maximum absolute atomic E-state index is 13.6. The zero-order valence-corrected chi connectivity index (χ0v) is 13.5. The normalized spacial score (nSPS) is 12.1. The monoisotopic (exact) mass is 343 g/mol. The summed E-state index contributed by atoms with van der Waals surface area (Å²) in [4.78, 5) is -0.172. The molecule has 0 N–H and O–H groups in total. The van der Waals surface area contributed by atoms with Gasteiger partial charge < -0.3 is 4.74 Å². The molecular weight excluding hydrogens is 328 g/mol. The van der Waals surface area contributed by atoms with E-state index in [2.05, 4.69) is 0 Å². The van der Waals surface area contributed by atoms with Gasteiger partial charge in [0.15, 0.2) is 0 Å². The van der Waals surface area contributed by atoms with Crippen molar-refractivity contribution in [1.29, 1.82) is 0 Å². The highest BCUT2D eigenvalue weighted by molar-refractivity contribution is 7.89. The van der Waals surface area contributed by atoms with Crippen molar-refractivity contribution >= 4 is 33.2 Å². The number of rotatable bonds is 7. The van der Waals surface area contributed by atoms with Crippen molar-refractivity contribution in [2.24, 2.45) is 0 Å². The maximum atomic E-state index is 13.6. The first kappa shape index (κ1) is 17.7. The first-order chi connectivity index (χ1) is 9.34. The van der Waals surface area contributed by atoms with Gasteiger partial charge in [-0.2, -0.15) is 4.31 Å². The van der Waals surface area contributed by atoms with Crippen molar-refractivity contribution in [1.82, 2.24) is 4.31 Å². The van der Waals surface area contributed by atoms with E-state index >= 15 is 0 Å². The molecule has 0 aliphatic carbocycles. The second-order valence-electron chi connectivity index (χ2n) is 4.04. The van der Waals surface area contributed by atoms with Gasteiger partial charge in [-0.05, 0) is 24.6 Å². The summed E-state index contributed by atoms with van der Waals surface area (Å²) in [7, 11) is -2.39. The van der Waals surface area contributed by atoms with Gasteiger partial charge in [0.25, 0.3) is 0 Å². The number of halogens is 3. The van der Waals surface area contributed by atoms with Crippen LogP contribution < -0.4 is 0 Å². The average molecular weight is 344 g/mol. The Morgan fingerprint density at radius 1 is 1.40 bits per heavy atom. The zero-order chi connectivity index (χ0) is 15.3. The van der Waals surface area contributed by atoms with Crippen molar-refractivity contribution in [3.8, 4) is 0 Å². The fourth-order valence-electron chi connectivity index (χ4n) is 1.50. The summed E-state index contributed by atoms with van der Waals surface area (Å²) in [5.74, 6) is -0.872. The second-order valence-corrected chi connectivity index (χ2v) is 6.73. The van der Waals surface area contributed by atoms with Gasteiger partial charge in [-0.25, -0.2) is 12.8 Å². The van der Waals surface area contributed by atoms with Gasteiger partial charge in [0.2, 0.25) is 10.0 Å². The highest BCUT2D eigenvalue weighted by Gasteiger charge is 2.23. The second kappa shape index (κ2) is 7.56. The van der Waals surface area contributed by atoms with Gasteiger partial charge >= 0.3 is 0 Å². The van der Waals surface area contributed by atoms with Crippen LogP contribution in [0.25, 0.3) is 0 Å². The van der Waals surface area contributed by atoms with Gasteiger partial charge in [-0.1, -0.05) is 11.6 Å². The zero-order valence-electron chi connectivity index (χ0n) is 11.2. The fourth-order valence-corrected chi connectivity index (χ4v) is 3.18. The molecule has 114 valence electrons. The minimum absolute atomic E-state index is 0.0677. The van der Waals surface area contributed by atoms with Crippen molar-refractivity contribution in [2.75, 3.05) is 26.8 Å². The minimum atomic E-state index is -3.80. The van der Waals surface area contributed by atoms with Crippen LogP contribution in [0.3, 0.4) is 0 Å². The molecule has 0 saturated carbocycles. The lowest BCUT2D eigenvalue weighted by atomic mass is 10.2. The SMILES string of the molecule is CCOCCN(C)S(=O)(=O)c1cc(F)c(Cl)c(CCl)c1. The van der Waals surface area contributed by atoms with Crippen LogP contribution in [0.5, 0.6) is 0 Å². The van der Waals surface area contributed by atoms with Crippen LogP contribution in [0, 0.1) is 5.82 Å². The molecule has 0 aromatic heterocycles. The van der Waals surface area contributed by atoms with Crippen LogP contribution in [0.15, 0.2) is 17.0 Å². The predicted molar refractivity (Wildman–Crippen MR) is 77.3 cm³/mol. The highest BCUT2D eigenvalue weighted by atomic mass is 35.5. The number of ether oxygens (including phenoxy) is 1. The lowest BCUT2D eigenvalue weighted by molar-refractivity contribution is 0.138. The summed E-state index contributed by atoms with van der Waals surface area (Å²) in [6.45, 7) is 2.76. The molecular formula is C12H16Cl2FNO3S. The Morgan fingerprint density at radius 3 is 2.60 bits per heavy atom. The lowest BCUT2D eigenvalue weighted by Gasteiger charge is -2.18. The topological polar surface area (TPSA) is 46.6 Å².